The summed E-state index contributed by atoms with van der Waals surface area (Å²) in [5.74, 6) is 0.897. The molecule has 1 aliphatic carbocycles. The van der Waals surface area contributed by atoms with Crippen molar-refractivity contribution in [1.82, 2.24) is 4.72 Å². The number of aliphatic hydroxyl groups is 3. The van der Waals surface area contributed by atoms with Crippen molar-refractivity contribution in [2.45, 2.75) is 94.2 Å². The highest BCUT2D eigenvalue weighted by Crippen LogP contribution is 2.34. The zero-order valence-electron chi connectivity index (χ0n) is 23.2. The molecule has 1 aliphatic heterocycles. The zero-order chi connectivity index (χ0) is 27.9. The van der Waals surface area contributed by atoms with Crippen molar-refractivity contribution in [2.75, 3.05) is 26.9 Å². The second kappa shape index (κ2) is 18.2. The molecule has 3 atom stereocenters. The van der Waals surface area contributed by atoms with Gasteiger partial charge in [-0.15, -0.1) is 0 Å². The van der Waals surface area contributed by atoms with Gasteiger partial charge in [0.25, 0.3) is 0 Å². The van der Waals surface area contributed by atoms with Crippen molar-refractivity contribution in [3.05, 3.63) is 64.2 Å². The summed E-state index contributed by atoms with van der Waals surface area (Å²) in [5, 5.41) is 28.2. The van der Waals surface area contributed by atoms with Gasteiger partial charge in [-0.1, -0.05) is 67.1 Å². The van der Waals surface area contributed by atoms with Gasteiger partial charge in [0, 0.05) is 36.8 Å². The number of ether oxygens (including phenoxy) is 2. The lowest BCUT2D eigenvalue weighted by Gasteiger charge is -2.32. The fraction of sp³-hybridized carbons (Fsp3) is 0.613. The maximum Gasteiger partial charge on any atom is 0.119 e. The molecule has 0 spiro atoms. The first-order valence-electron chi connectivity index (χ1n) is 14.4. The summed E-state index contributed by atoms with van der Waals surface area (Å²) < 4.78 is 15.5. The Kier molecular flexibility index (Phi) is 15.0. The molecule has 2 fully saturated rings. The Morgan fingerprint density at radius 1 is 1.00 bits per heavy atom. The van der Waals surface area contributed by atoms with E-state index in [-0.39, 0.29) is 18.8 Å². The minimum Gasteiger partial charge on any atom is -0.494 e. The second-order valence-electron chi connectivity index (χ2n) is 10.4. The van der Waals surface area contributed by atoms with Gasteiger partial charge in [0.05, 0.1) is 31.5 Å². The number of hydrogen-bond acceptors (Lipinski definition) is 7. The summed E-state index contributed by atoms with van der Waals surface area (Å²) in [4.78, 5) is 0. The van der Waals surface area contributed by atoms with Crippen LogP contribution >= 0.6 is 23.5 Å². The Morgan fingerprint density at radius 2 is 1.77 bits per heavy atom. The lowest BCUT2D eigenvalue weighted by Crippen LogP contribution is -2.33. The topological polar surface area (TPSA) is 91.2 Å². The van der Waals surface area contributed by atoms with Gasteiger partial charge in [-0.2, -0.15) is 0 Å². The summed E-state index contributed by atoms with van der Waals surface area (Å²) in [6.45, 7) is 1.74. The lowest BCUT2D eigenvalue weighted by molar-refractivity contribution is -0.113. The molecule has 0 bridgehead atoms. The molecule has 2 aromatic rings. The Hall–Kier alpha value is -1.32. The molecule has 218 valence electrons. The molecule has 0 amide bonds. The van der Waals surface area contributed by atoms with Crippen LogP contribution in [-0.2, 0) is 11.2 Å². The molecule has 1 saturated heterocycles. The molecule has 4 rings (SSSR count). The largest absolute Gasteiger partial charge is 0.494 e. The van der Waals surface area contributed by atoms with Gasteiger partial charge < -0.3 is 24.8 Å². The predicted molar refractivity (Wildman–Crippen MR) is 161 cm³/mol. The van der Waals surface area contributed by atoms with Crippen LogP contribution in [0.4, 0.5) is 0 Å². The normalized spacial score (nSPS) is 21.7. The standard InChI is InChI=1S/C30H42ClNO4S.CH4O/c31-29-14-11-23(30-20-25(34)19-27(21-33)36-30)18-24(29)17-22-9-12-26(13-10-22)35-16-6-2-5-15-32-37-28-7-3-1-4-8-28;1-2/h9-14,18,25,27-28,30,32-34H,1-8,15-17,19-21H2;2H,1H3. The fourth-order valence-corrected chi connectivity index (χ4v) is 6.45. The maximum absolute atomic E-state index is 10.2. The lowest BCUT2D eigenvalue weighted by atomic mass is 9.94. The first kappa shape index (κ1) is 32.2. The average Bonchev–Trinajstić information content (AvgIpc) is 2.97. The number of halogens is 1. The third-order valence-electron chi connectivity index (χ3n) is 7.34. The number of hydrogen-bond donors (Lipinski definition) is 4. The third kappa shape index (κ3) is 11.2. The first-order valence-corrected chi connectivity index (χ1v) is 15.6. The molecule has 6 nitrogen and oxygen atoms in total. The van der Waals surface area contributed by atoms with Crippen LogP contribution in [0.1, 0.15) is 87.0 Å². The van der Waals surface area contributed by atoms with Crippen molar-refractivity contribution in [3.8, 4) is 5.75 Å². The molecule has 4 N–H and O–H groups in total. The number of unbranched alkanes of at least 4 members (excludes halogenated alkanes) is 2. The van der Waals surface area contributed by atoms with Crippen LogP contribution in [0.25, 0.3) is 0 Å². The summed E-state index contributed by atoms with van der Waals surface area (Å²) in [6.07, 6.45) is 11.0. The van der Waals surface area contributed by atoms with E-state index in [9.17, 15) is 10.2 Å². The van der Waals surface area contributed by atoms with Crippen molar-refractivity contribution in [2.24, 2.45) is 0 Å². The first-order chi connectivity index (χ1) is 19.1. The van der Waals surface area contributed by atoms with E-state index in [0.717, 1.165) is 54.4 Å². The molecule has 0 radical (unpaired) electrons. The Labute approximate surface area is 243 Å². The van der Waals surface area contributed by atoms with E-state index in [0.29, 0.717) is 24.3 Å². The Morgan fingerprint density at radius 3 is 2.51 bits per heavy atom. The van der Waals surface area contributed by atoms with Crippen molar-refractivity contribution in [3.63, 3.8) is 0 Å². The van der Waals surface area contributed by atoms with E-state index < -0.39 is 6.10 Å². The minimum atomic E-state index is -0.468. The van der Waals surface area contributed by atoms with Crippen molar-refractivity contribution in [1.29, 1.82) is 0 Å². The van der Waals surface area contributed by atoms with E-state index in [1.807, 2.05) is 36.2 Å². The van der Waals surface area contributed by atoms with Crippen molar-refractivity contribution >= 4 is 23.5 Å². The van der Waals surface area contributed by atoms with Crippen LogP contribution in [0.3, 0.4) is 0 Å². The van der Waals surface area contributed by atoms with Gasteiger partial charge in [0.15, 0.2) is 0 Å². The molecule has 1 saturated carbocycles. The van der Waals surface area contributed by atoms with Crippen LogP contribution < -0.4 is 9.46 Å². The quantitative estimate of drug-likeness (QED) is 0.165. The highest BCUT2D eigenvalue weighted by molar-refractivity contribution is 7.98. The summed E-state index contributed by atoms with van der Waals surface area (Å²) in [7, 11) is 1.00. The predicted octanol–water partition coefficient (Wildman–Crippen LogP) is 6.23. The number of nitrogens with one attached hydrogen (secondary N) is 1. The number of rotatable bonds is 13. The van der Waals surface area contributed by atoms with Crippen LogP contribution in [-0.4, -0.2) is 59.6 Å². The van der Waals surface area contributed by atoms with Crippen LogP contribution in [0.15, 0.2) is 42.5 Å². The number of benzene rings is 2. The van der Waals surface area contributed by atoms with Gasteiger partial charge in [-0.25, -0.2) is 0 Å². The van der Waals surface area contributed by atoms with Crippen LogP contribution in [0, 0.1) is 0 Å². The molecular formula is C31H46ClNO5S. The van der Waals surface area contributed by atoms with Gasteiger partial charge in [-0.05, 0) is 73.4 Å². The summed E-state index contributed by atoms with van der Waals surface area (Å²) >= 11 is 8.46. The third-order valence-corrected chi connectivity index (χ3v) is 8.88. The molecule has 8 heteroatoms. The van der Waals surface area contributed by atoms with E-state index in [2.05, 4.69) is 22.9 Å². The second-order valence-corrected chi connectivity index (χ2v) is 12.0. The van der Waals surface area contributed by atoms with E-state index in [1.54, 1.807) is 0 Å². The number of aliphatic hydroxyl groups excluding tert-OH is 3. The highest BCUT2D eigenvalue weighted by atomic mass is 35.5. The van der Waals surface area contributed by atoms with E-state index >= 15 is 0 Å². The molecule has 2 aromatic carbocycles. The van der Waals surface area contributed by atoms with E-state index in [1.165, 1.54) is 44.9 Å². The highest BCUT2D eigenvalue weighted by Gasteiger charge is 2.29. The van der Waals surface area contributed by atoms with Crippen LogP contribution in [0.2, 0.25) is 5.02 Å². The summed E-state index contributed by atoms with van der Waals surface area (Å²) in [5.41, 5.74) is 3.16. The smallest absolute Gasteiger partial charge is 0.119 e. The van der Waals surface area contributed by atoms with Gasteiger partial charge in [0.2, 0.25) is 0 Å². The summed E-state index contributed by atoms with van der Waals surface area (Å²) in [6, 6.07) is 14.1. The molecule has 2 aliphatic rings. The molecular weight excluding hydrogens is 534 g/mol. The Balaban J connectivity index is 0.00000205. The van der Waals surface area contributed by atoms with Crippen LogP contribution in [0.5, 0.6) is 5.75 Å². The molecule has 1 heterocycles. The SMILES string of the molecule is CO.OCC1CC(O)CC(c2ccc(Cl)c(Cc3ccc(OCCCCCNSC4CCCCC4)cc3)c2)O1. The zero-order valence-corrected chi connectivity index (χ0v) is 24.8. The van der Waals surface area contributed by atoms with Gasteiger partial charge in [0.1, 0.15) is 5.75 Å². The van der Waals surface area contributed by atoms with E-state index in [4.69, 9.17) is 26.2 Å². The monoisotopic (exact) mass is 579 g/mol. The minimum absolute atomic E-state index is 0.0842. The Bertz CT molecular complexity index is 941. The van der Waals surface area contributed by atoms with Crippen molar-refractivity contribution < 1.29 is 24.8 Å². The maximum atomic E-state index is 10.2. The molecule has 0 aromatic heterocycles. The van der Waals surface area contributed by atoms with Gasteiger partial charge in [-0.3, -0.25) is 4.72 Å². The fourth-order valence-electron chi connectivity index (χ4n) is 5.20. The van der Waals surface area contributed by atoms with Gasteiger partial charge >= 0.3 is 0 Å². The molecule has 3 unspecified atom stereocenters. The molecule has 39 heavy (non-hydrogen) atoms. The average molecular weight is 580 g/mol.